The monoisotopic (exact) mass is 547 g/mol. The number of aromatic nitrogens is 1. The molecule has 1 heterocycles. The maximum atomic E-state index is 13.1. The summed E-state index contributed by atoms with van der Waals surface area (Å²) in [6, 6.07) is 2.96. The minimum atomic E-state index is -0.989. The number of hydrogen-bond donors (Lipinski definition) is 0. The average molecular weight is 548 g/mol. The van der Waals surface area contributed by atoms with Gasteiger partial charge in [-0.05, 0) is 101 Å². The Morgan fingerprint density at radius 1 is 0.692 bits per heavy atom. The van der Waals surface area contributed by atoms with Crippen molar-refractivity contribution >= 4 is 30.1 Å². The summed E-state index contributed by atoms with van der Waals surface area (Å²) in [5.41, 5.74) is -3.57. The fraction of sp³-hybridized carbons (Fsp3) is 0.607. The van der Waals surface area contributed by atoms with Gasteiger partial charge in [-0.1, -0.05) is 5.92 Å². The lowest BCUT2D eigenvalue weighted by Gasteiger charge is -2.28. The molecule has 0 aliphatic rings. The summed E-state index contributed by atoms with van der Waals surface area (Å²) in [5, 5.41) is 0. The average Bonchev–Trinajstić information content (AvgIpc) is 2.66. The van der Waals surface area contributed by atoms with Gasteiger partial charge in [0.05, 0.1) is 12.2 Å². The number of carbonyl (C=O) groups is 4. The van der Waals surface area contributed by atoms with E-state index in [4.69, 9.17) is 18.9 Å². The van der Waals surface area contributed by atoms with Crippen molar-refractivity contribution in [1.82, 2.24) is 9.88 Å². The zero-order valence-corrected chi connectivity index (χ0v) is 25.0. The Labute approximate surface area is 231 Å². The van der Waals surface area contributed by atoms with Gasteiger partial charge in [-0.2, -0.15) is 4.90 Å². The third-order valence-electron chi connectivity index (χ3n) is 3.85. The fourth-order valence-electron chi connectivity index (χ4n) is 2.60. The topological polar surface area (TPSA) is 125 Å². The molecular formula is C28H41N3O8. The SMILES string of the molecule is CC(C)(C)OC(=O)N(CC#Cc1ncccc1N(C(=O)OC(C)(C)C)C(=O)OC(C)(C)C)C(=O)OC(C)(C)C. The van der Waals surface area contributed by atoms with Crippen molar-refractivity contribution in [1.29, 1.82) is 0 Å². The van der Waals surface area contributed by atoms with E-state index < -0.39 is 53.3 Å². The molecule has 216 valence electrons. The van der Waals surface area contributed by atoms with Gasteiger partial charge in [0.2, 0.25) is 0 Å². The molecule has 0 N–H and O–H groups in total. The predicted molar refractivity (Wildman–Crippen MR) is 145 cm³/mol. The maximum absolute atomic E-state index is 13.1. The third kappa shape index (κ3) is 12.5. The van der Waals surface area contributed by atoms with E-state index in [0.29, 0.717) is 9.80 Å². The molecule has 0 bridgehead atoms. The van der Waals surface area contributed by atoms with Gasteiger partial charge < -0.3 is 18.9 Å². The van der Waals surface area contributed by atoms with Crippen molar-refractivity contribution in [3.8, 4) is 11.8 Å². The molecule has 0 fully saturated rings. The van der Waals surface area contributed by atoms with Crippen LogP contribution in [0, 0.1) is 11.8 Å². The van der Waals surface area contributed by atoms with Crippen molar-refractivity contribution in [2.45, 2.75) is 105 Å². The Bertz CT molecular complexity index is 1070. The van der Waals surface area contributed by atoms with Crippen LogP contribution in [0.2, 0.25) is 0 Å². The lowest BCUT2D eigenvalue weighted by atomic mass is 10.2. The summed E-state index contributed by atoms with van der Waals surface area (Å²) in [5.74, 6) is 5.41. The number of pyridine rings is 1. The lowest BCUT2D eigenvalue weighted by Crippen LogP contribution is -2.44. The second-order valence-corrected chi connectivity index (χ2v) is 12.5. The molecule has 1 rings (SSSR count). The minimum absolute atomic E-state index is 0.00236. The van der Waals surface area contributed by atoms with Gasteiger partial charge >= 0.3 is 24.4 Å². The molecule has 0 saturated heterocycles. The van der Waals surface area contributed by atoms with Crippen molar-refractivity contribution in [2.75, 3.05) is 11.4 Å². The Morgan fingerprint density at radius 3 is 1.46 bits per heavy atom. The van der Waals surface area contributed by atoms with Crippen molar-refractivity contribution < 1.29 is 38.1 Å². The van der Waals surface area contributed by atoms with Crippen LogP contribution in [-0.4, -0.2) is 63.2 Å². The van der Waals surface area contributed by atoms with Crippen LogP contribution in [0.1, 0.15) is 88.8 Å². The number of anilines is 1. The van der Waals surface area contributed by atoms with Gasteiger partial charge in [-0.3, -0.25) is 0 Å². The van der Waals surface area contributed by atoms with Crippen molar-refractivity contribution in [3.63, 3.8) is 0 Å². The van der Waals surface area contributed by atoms with Gasteiger partial charge in [-0.15, -0.1) is 0 Å². The first-order valence-corrected chi connectivity index (χ1v) is 12.4. The molecular weight excluding hydrogens is 506 g/mol. The van der Waals surface area contributed by atoms with Crippen LogP contribution in [0.3, 0.4) is 0 Å². The zero-order chi connectivity index (χ0) is 30.4. The number of imide groups is 2. The predicted octanol–water partition coefficient (Wildman–Crippen LogP) is 6.28. The second-order valence-electron chi connectivity index (χ2n) is 12.5. The van der Waals surface area contributed by atoms with E-state index in [9.17, 15) is 19.2 Å². The standard InChI is InChI=1S/C28H41N3O8/c1-25(2,3)36-21(32)30(22(33)37-26(4,5)6)18-14-15-19-20(16-13-17-29-19)31(23(34)38-27(7,8)9)24(35)39-28(10,11)12/h13,16-17H,18H2,1-12H3. The van der Waals surface area contributed by atoms with Crippen molar-refractivity contribution in [2.24, 2.45) is 0 Å². The maximum Gasteiger partial charge on any atom is 0.424 e. The quantitative estimate of drug-likeness (QED) is 0.310. The van der Waals surface area contributed by atoms with E-state index in [1.807, 2.05) is 0 Å². The number of amides is 4. The second kappa shape index (κ2) is 12.4. The largest absolute Gasteiger partial charge is 0.443 e. The molecule has 0 spiro atoms. The minimum Gasteiger partial charge on any atom is -0.443 e. The van der Waals surface area contributed by atoms with E-state index >= 15 is 0 Å². The first-order chi connectivity index (χ1) is 17.5. The van der Waals surface area contributed by atoms with E-state index in [1.165, 1.54) is 18.3 Å². The van der Waals surface area contributed by atoms with E-state index in [0.717, 1.165) is 0 Å². The number of hydrogen-bond acceptors (Lipinski definition) is 9. The summed E-state index contributed by atoms with van der Waals surface area (Å²) in [4.78, 5) is 57.2. The fourth-order valence-corrected chi connectivity index (χ4v) is 2.60. The molecule has 39 heavy (non-hydrogen) atoms. The van der Waals surface area contributed by atoms with Gasteiger partial charge in [0.25, 0.3) is 0 Å². The van der Waals surface area contributed by atoms with Gasteiger partial charge in [0.1, 0.15) is 28.1 Å². The molecule has 1 aromatic rings. The first kappa shape index (κ1) is 33.2. The van der Waals surface area contributed by atoms with Gasteiger partial charge in [0.15, 0.2) is 0 Å². The lowest BCUT2D eigenvalue weighted by molar-refractivity contribution is 0.00400. The highest BCUT2D eigenvalue weighted by atomic mass is 16.6. The highest BCUT2D eigenvalue weighted by Gasteiger charge is 2.34. The highest BCUT2D eigenvalue weighted by Crippen LogP contribution is 2.24. The van der Waals surface area contributed by atoms with Crippen LogP contribution in [0.25, 0.3) is 0 Å². The van der Waals surface area contributed by atoms with Crippen LogP contribution in [0.5, 0.6) is 0 Å². The summed E-state index contributed by atoms with van der Waals surface area (Å²) in [6.07, 6.45) is -2.46. The molecule has 0 atom stereocenters. The van der Waals surface area contributed by atoms with Crippen molar-refractivity contribution in [3.05, 3.63) is 24.0 Å². The number of carbonyl (C=O) groups excluding carboxylic acids is 4. The summed E-state index contributed by atoms with van der Waals surface area (Å²) in [7, 11) is 0. The van der Waals surface area contributed by atoms with E-state index in [2.05, 4.69) is 16.8 Å². The van der Waals surface area contributed by atoms with E-state index in [1.54, 1.807) is 83.1 Å². The van der Waals surface area contributed by atoms with Gasteiger partial charge in [-0.25, -0.2) is 29.1 Å². The Balaban J connectivity index is 3.48. The normalized spacial score (nSPS) is 11.9. The molecule has 1 aromatic heterocycles. The molecule has 0 unspecified atom stereocenters. The third-order valence-corrected chi connectivity index (χ3v) is 3.85. The molecule has 0 aromatic carbocycles. The Hall–Kier alpha value is -3.81. The molecule has 11 heteroatoms. The Kier molecular flexibility index (Phi) is 10.5. The van der Waals surface area contributed by atoms with Crippen LogP contribution < -0.4 is 4.90 Å². The Morgan fingerprint density at radius 2 is 1.08 bits per heavy atom. The molecule has 0 aliphatic heterocycles. The molecule has 4 amide bonds. The van der Waals surface area contributed by atoms with E-state index in [-0.39, 0.29) is 11.4 Å². The summed E-state index contributed by atoms with van der Waals surface area (Å²) < 4.78 is 21.5. The smallest absolute Gasteiger partial charge is 0.424 e. The first-order valence-electron chi connectivity index (χ1n) is 12.4. The van der Waals surface area contributed by atoms with Gasteiger partial charge in [0, 0.05) is 6.20 Å². The molecule has 0 radical (unpaired) electrons. The molecule has 11 nitrogen and oxygen atoms in total. The van der Waals surface area contributed by atoms with Crippen LogP contribution in [0.4, 0.5) is 24.9 Å². The zero-order valence-electron chi connectivity index (χ0n) is 25.0. The molecule has 0 aliphatic carbocycles. The summed E-state index contributed by atoms with van der Waals surface area (Å²) >= 11 is 0. The highest BCUT2D eigenvalue weighted by molar-refractivity contribution is 6.10. The number of ether oxygens (including phenoxy) is 4. The van der Waals surface area contributed by atoms with Crippen LogP contribution in [-0.2, 0) is 18.9 Å². The van der Waals surface area contributed by atoms with Crippen LogP contribution in [0.15, 0.2) is 18.3 Å². The van der Waals surface area contributed by atoms with Crippen LogP contribution >= 0.6 is 0 Å². The molecule has 0 saturated carbocycles. The number of rotatable bonds is 2. The number of nitrogens with zero attached hydrogens (tertiary/aromatic N) is 3. The summed E-state index contributed by atoms with van der Waals surface area (Å²) in [6.45, 7) is 19.5.